The van der Waals surface area contributed by atoms with Crippen molar-refractivity contribution >= 4 is 17.5 Å². The molecule has 0 spiro atoms. The predicted molar refractivity (Wildman–Crippen MR) is 96.2 cm³/mol. The maximum atomic E-state index is 12.3. The molecule has 2 amide bonds. The van der Waals surface area contributed by atoms with Crippen molar-refractivity contribution in [2.24, 2.45) is 0 Å². The van der Waals surface area contributed by atoms with E-state index in [-0.39, 0.29) is 11.8 Å². The topological polar surface area (TPSA) is 64.7 Å². The fourth-order valence-electron chi connectivity index (χ4n) is 2.89. The molecule has 132 valence electrons. The Morgan fingerprint density at radius 3 is 2.50 bits per heavy atom. The molecule has 1 heterocycles. The lowest BCUT2D eigenvalue weighted by Crippen LogP contribution is -2.51. The van der Waals surface area contributed by atoms with E-state index in [0.717, 1.165) is 25.3 Å². The highest BCUT2D eigenvalue weighted by molar-refractivity contribution is 5.96. The Balaban J connectivity index is 1.91. The molecular formula is C18H28N4O2. The third-order valence-corrected chi connectivity index (χ3v) is 4.45. The average Bonchev–Trinajstić information content (AvgIpc) is 2.58. The van der Waals surface area contributed by atoms with Gasteiger partial charge in [-0.15, -0.1) is 0 Å². The van der Waals surface area contributed by atoms with E-state index in [9.17, 15) is 9.59 Å². The third-order valence-electron chi connectivity index (χ3n) is 4.45. The Hall–Kier alpha value is -1.92. The highest BCUT2D eigenvalue weighted by atomic mass is 16.2. The van der Waals surface area contributed by atoms with Crippen LogP contribution in [0.5, 0.6) is 0 Å². The molecule has 1 aliphatic heterocycles. The Kier molecular flexibility index (Phi) is 6.75. The maximum absolute atomic E-state index is 12.3. The number of hydrogen-bond donors (Lipinski definition) is 2. The summed E-state index contributed by atoms with van der Waals surface area (Å²) in [5, 5.41) is 6.22. The molecule has 6 heteroatoms. The monoisotopic (exact) mass is 332 g/mol. The van der Waals surface area contributed by atoms with Crippen LogP contribution in [-0.2, 0) is 4.79 Å². The van der Waals surface area contributed by atoms with Crippen LogP contribution in [0.2, 0.25) is 0 Å². The number of anilines is 1. The molecule has 1 aromatic carbocycles. The van der Waals surface area contributed by atoms with Crippen LogP contribution in [0.15, 0.2) is 24.3 Å². The normalized spacial score (nSPS) is 18.2. The van der Waals surface area contributed by atoms with Crippen molar-refractivity contribution < 1.29 is 9.59 Å². The number of benzene rings is 1. The van der Waals surface area contributed by atoms with Gasteiger partial charge in [-0.1, -0.05) is 0 Å². The third kappa shape index (κ3) is 4.79. The molecular weight excluding hydrogens is 304 g/mol. The van der Waals surface area contributed by atoms with Gasteiger partial charge in [0.05, 0.1) is 6.54 Å². The summed E-state index contributed by atoms with van der Waals surface area (Å²) < 4.78 is 0. The van der Waals surface area contributed by atoms with E-state index in [1.807, 2.05) is 13.8 Å². The van der Waals surface area contributed by atoms with Gasteiger partial charge in [-0.05, 0) is 45.0 Å². The summed E-state index contributed by atoms with van der Waals surface area (Å²) in [6.45, 7) is 10.5. The van der Waals surface area contributed by atoms with Crippen LogP contribution in [0.3, 0.4) is 0 Å². The number of rotatable bonds is 6. The number of piperazine rings is 1. The smallest absolute Gasteiger partial charge is 0.253 e. The minimum Gasteiger partial charge on any atom is -0.339 e. The SMILES string of the molecule is CCN(CC)C(=O)c1ccc(NC(=O)CN2CCNC[C@@H]2C)cc1. The van der Waals surface area contributed by atoms with E-state index in [1.165, 1.54) is 0 Å². The van der Waals surface area contributed by atoms with Gasteiger partial charge < -0.3 is 15.5 Å². The van der Waals surface area contributed by atoms with Gasteiger partial charge in [-0.3, -0.25) is 14.5 Å². The van der Waals surface area contributed by atoms with Crippen LogP contribution in [0.4, 0.5) is 5.69 Å². The number of amides is 2. The molecule has 0 aromatic heterocycles. The van der Waals surface area contributed by atoms with Crippen LogP contribution >= 0.6 is 0 Å². The second-order valence-electron chi connectivity index (χ2n) is 6.13. The molecule has 24 heavy (non-hydrogen) atoms. The summed E-state index contributed by atoms with van der Waals surface area (Å²) in [6.07, 6.45) is 0. The number of nitrogens with zero attached hydrogens (tertiary/aromatic N) is 2. The van der Waals surface area contributed by atoms with E-state index < -0.39 is 0 Å². The largest absolute Gasteiger partial charge is 0.339 e. The van der Waals surface area contributed by atoms with Crippen LogP contribution in [0, 0.1) is 0 Å². The summed E-state index contributed by atoms with van der Waals surface area (Å²) in [6, 6.07) is 7.47. The molecule has 1 aromatic rings. The quantitative estimate of drug-likeness (QED) is 0.826. The first kappa shape index (κ1) is 18.4. The van der Waals surface area contributed by atoms with Crippen molar-refractivity contribution in [2.45, 2.75) is 26.8 Å². The zero-order chi connectivity index (χ0) is 17.5. The first-order valence-corrected chi connectivity index (χ1v) is 8.69. The van der Waals surface area contributed by atoms with Crippen molar-refractivity contribution in [3.05, 3.63) is 29.8 Å². The summed E-state index contributed by atoms with van der Waals surface area (Å²) in [5.74, 6) is -0.000845. The fourth-order valence-corrected chi connectivity index (χ4v) is 2.89. The molecule has 0 bridgehead atoms. The van der Waals surface area contributed by atoms with Crippen LogP contribution in [0.1, 0.15) is 31.1 Å². The zero-order valence-corrected chi connectivity index (χ0v) is 14.8. The van der Waals surface area contributed by atoms with Gasteiger partial charge in [0.1, 0.15) is 0 Å². The second kappa shape index (κ2) is 8.80. The fraction of sp³-hybridized carbons (Fsp3) is 0.556. The minimum absolute atomic E-state index is 0.0209. The van der Waals surface area contributed by atoms with E-state index in [0.29, 0.717) is 31.2 Å². The number of carbonyl (C=O) groups is 2. The summed E-state index contributed by atoms with van der Waals surface area (Å²) in [5.41, 5.74) is 1.37. The summed E-state index contributed by atoms with van der Waals surface area (Å²) in [4.78, 5) is 28.4. The van der Waals surface area contributed by atoms with Crippen molar-refractivity contribution in [3.63, 3.8) is 0 Å². The molecule has 0 aliphatic carbocycles. The Labute approximate surface area is 144 Å². The molecule has 1 fully saturated rings. The Bertz CT molecular complexity index is 555. The highest BCUT2D eigenvalue weighted by Gasteiger charge is 2.20. The van der Waals surface area contributed by atoms with E-state index in [2.05, 4.69) is 22.5 Å². The predicted octanol–water partition coefficient (Wildman–Crippen LogP) is 1.40. The van der Waals surface area contributed by atoms with Crippen LogP contribution in [0.25, 0.3) is 0 Å². The van der Waals surface area contributed by atoms with Crippen molar-refractivity contribution in [1.29, 1.82) is 0 Å². The molecule has 1 aliphatic rings. The van der Waals surface area contributed by atoms with Crippen LogP contribution in [-0.4, -0.2) is 66.9 Å². The van der Waals surface area contributed by atoms with Crippen molar-refractivity contribution in [2.75, 3.05) is 44.6 Å². The van der Waals surface area contributed by atoms with E-state index >= 15 is 0 Å². The molecule has 0 radical (unpaired) electrons. The molecule has 2 rings (SSSR count). The summed E-state index contributed by atoms with van der Waals surface area (Å²) >= 11 is 0. The van der Waals surface area contributed by atoms with Crippen molar-refractivity contribution in [3.8, 4) is 0 Å². The first-order valence-electron chi connectivity index (χ1n) is 8.69. The lowest BCUT2D eigenvalue weighted by atomic mass is 10.1. The maximum Gasteiger partial charge on any atom is 0.253 e. The molecule has 6 nitrogen and oxygen atoms in total. The molecule has 1 saturated heterocycles. The van der Waals surface area contributed by atoms with E-state index in [1.54, 1.807) is 29.2 Å². The van der Waals surface area contributed by atoms with Gasteiger partial charge in [0, 0.05) is 50.0 Å². The Morgan fingerprint density at radius 2 is 1.92 bits per heavy atom. The lowest BCUT2D eigenvalue weighted by molar-refractivity contribution is -0.118. The number of nitrogens with one attached hydrogen (secondary N) is 2. The number of carbonyl (C=O) groups excluding carboxylic acids is 2. The molecule has 2 N–H and O–H groups in total. The van der Waals surface area contributed by atoms with Gasteiger partial charge in [-0.25, -0.2) is 0 Å². The standard InChI is InChI=1S/C18H28N4O2/c1-4-21(5-2)18(24)15-6-8-16(9-7-15)20-17(23)13-22-11-10-19-12-14(22)3/h6-9,14,19H,4-5,10-13H2,1-3H3,(H,20,23)/t14-/m0/s1. The number of hydrogen-bond acceptors (Lipinski definition) is 4. The first-order chi connectivity index (χ1) is 11.5. The summed E-state index contributed by atoms with van der Waals surface area (Å²) in [7, 11) is 0. The second-order valence-corrected chi connectivity index (χ2v) is 6.13. The lowest BCUT2D eigenvalue weighted by Gasteiger charge is -2.33. The van der Waals surface area contributed by atoms with Gasteiger partial charge in [-0.2, -0.15) is 0 Å². The van der Waals surface area contributed by atoms with Gasteiger partial charge in [0.2, 0.25) is 5.91 Å². The average molecular weight is 332 g/mol. The molecule has 0 unspecified atom stereocenters. The van der Waals surface area contributed by atoms with Gasteiger partial charge in [0.15, 0.2) is 0 Å². The van der Waals surface area contributed by atoms with E-state index in [4.69, 9.17) is 0 Å². The molecule has 1 atom stereocenters. The minimum atomic E-state index is -0.0217. The van der Waals surface area contributed by atoms with Gasteiger partial charge in [0.25, 0.3) is 5.91 Å². The van der Waals surface area contributed by atoms with Gasteiger partial charge >= 0.3 is 0 Å². The molecule has 0 saturated carbocycles. The zero-order valence-electron chi connectivity index (χ0n) is 14.8. The Morgan fingerprint density at radius 1 is 1.25 bits per heavy atom. The van der Waals surface area contributed by atoms with Crippen LogP contribution < -0.4 is 10.6 Å². The highest BCUT2D eigenvalue weighted by Crippen LogP contribution is 2.12. The van der Waals surface area contributed by atoms with Crippen molar-refractivity contribution in [1.82, 2.24) is 15.1 Å².